The fraction of sp³-hybridized carbons (Fsp3) is 0.227. The lowest BCUT2D eigenvalue weighted by Gasteiger charge is -2.19. The van der Waals surface area contributed by atoms with Gasteiger partial charge in [-0.1, -0.05) is 30.3 Å². The summed E-state index contributed by atoms with van der Waals surface area (Å²) in [6, 6.07) is 12.5. The van der Waals surface area contributed by atoms with Crippen molar-refractivity contribution >= 4 is 16.7 Å². The molecule has 3 aromatic rings. The first-order chi connectivity index (χ1) is 13.7. The summed E-state index contributed by atoms with van der Waals surface area (Å²) in [5.74, 6) is -1.16. The highest BCUT2D eigenvalue weighted by molar-refractivity contribution is 6.10. The second kappa shape index (κ2) is 8.21. The van der Waals surface area contributed by atoms with Gasteiger partial charge in [-0.25, -0.2) is 4.39 Å². The van der Waals surface area contributed by atoms with Crippen LogP contribution in [0.2, 0.25) is 0 Å². The van der Waals surface area contributed by atoms with Crippen molar-refractivity contribution in [2.24, 2.45) is 0 Å². The van der Waals surface area contributed by atoms with E-state index in [1.807, 2.05) is 0 Å². The van der Waals surface area contributed by atoms with Gasteiger partial charge in [-0.05, 0) is 53.2 Å². The Kier molecular flexibility index (Phi) is 5.88. The molecule has 0 atom stereocenters. The standard InChI is InChI=1S/C22H20F4N2O/c1-27-9-10-28(2)21(29)20-8-7-17(18-5-3-4-6-19(18)20)14-11-15(22(24,25)26)13-16(23)12-14/h3-8,11-13,27H,9-10H2,1-2H3. The number of nitrogens with one attached hydrogen (secondary N) is 1. The maximum Gasteiger partial charge on any atom is 0.416 e. The number of fused-ring (bicyclic) bond motifs is 1. The molecule has 7 heteroatoms. The topological polar surface area (TPSA) is 32.3 Å². The van der Waals surface area contributed by atoms with Gasteiger partial charge in [0.2, 0.25) is 0 Å². The summed E-state index contributed by atoms with van der Waals surface area (Å²) in [4.78, 5) is 14.4. The van der Waals surface area contributed by atoms with E-state index in [0.717, 1.165) is 12.1 Å². The zero-order valence-electron chi connectivity index (χ0n) is 16.0. The molecule has 0 spiro atoms. The van der Waals surface area contributed by atoms with Crippen LogP contribution in [-0.2, 0) is 6.18 Å². The molecular weight excluding hydrogens is 384 g/mol. The summed E-state index contributed by atoms with van der Waals surface area (Å²) < 4.78 is 53.3. The number of carbonyl (C=O) groups excluding carboxylic acids is 1. The highest BCUT2D eigenvalue weighted by Crippen LogP contribution is 2.36. The monoisotopic (exact) mass is 404 g/mol. The number of benzene rings is 3. The number of hydrogen-bond acceptors (Lipinski definition) is 2. The third kappa shape index (κ3) is 4.40. The van der Waals surface area contributed by atoms with E-state index in [9.17, 15) is 22.4 Å². The quantitative estimate of drug-likeness (QED) is 0.610. The third-order valence-electron chi connectivity index (χ3n) is 4.73. The smallest absolute Gasteiger partial charge is 0.340 e. The van der Waals surface area contributed by atoms with Crippen molar-refractivity contribution in [2.45, 2.75) is 6.18 Å². The molecule has 29 heavy (non-hydrogen) atoms. The molecule has 0 fully saturated rings. The van der Waals surface area contributed by atoms with Gasteiger partial charge in [0.05, 0.1) is 5.56 Å². The molecule has 3 nitrogen and oxygen atoms in total. The molecule has 0 aliphatic heterocycles. The Bertz CT molecular complexity index is 1050. The number of alkyl halides is 3. The molecule has 0 unspecified atom stereocenters. The first-order valence-electron chi connectivity index (χ1n) is 9.02. The summed E-state index contributed by atoms with van der Waals surface area (Å²) in [5.41, 5.74) is -0.0741. The molecule has 0 aromatic heterocycles. The second-order valence-electron chi connectivity index (χ2n) is 6.76. The minimum atomic E-state index is -4.65. The van der Waals surface area contributed by atoms with Gasteiger partial charge in [0, 0.05) is 25.7 Å². The molecule has 0 aliphatic rings. The lowest BCUT2D eigenvalue weighted by molar-refractivity contribution is -0.137. The van der Waals surface area contributed by atoms with Gasteiger partial charge in [0.1, 0.15) is 5.82 Å². The minimum absolute atomic E-state index is 0.107. The maximum atomic E-state index is 13.9. The van der Waals surface area contributed by atoms with E-state index in [1.165, 1.54) is 0 Å². The van der Waals surface area contributed by atoms with E-state index in [2.05, 4.69) is 5.32 Å². The lowest BCUT2D eigenvalue weighted by Crippen LogP contribution is -2.32. The second-order valence-corrected chi connectivity index (χ2v) is 6.76. The predicted octanol–water partition coefficient (Wildman–Crippen LogP) is 4.96. The Balaban J connectivity index is 2.14. The minimum Gasteiger partial charge on any atom is -0.340 e. The molecule has 1 amide bonds. The van der Waals surface area contributed by atoms with Crippen LogP contribution in [0.5, 0.6) is 0 Å². The third-order valence-corrected chi connectivity index (χ3v) is 4.73. The molecule has 0 bridgehead atoms. The predicted molar refractivity (Wildman–Crippen MR) is 105 cm³/mol. The molecule has 152 valence electrons. The zero-order chi connectivity index (χ0) is 21.2. The largest absolute Gasteiger partial charge is 0.416 e. The van der Waals surface area contributed by atoms with Crippen LogP contribution in [0.25, 0.3) is 21.9 Å². The van der Waals surface area contributed by atoms with Crippen molar-refractivity contribution in [1.29, 1.82) is 0 Å². The first-order valence-corrected chi connectivity index (χ1v) is 9.02. The van der Waals surface area contributed by atoms with Crippen molar-refractivity contribution in [3.05, 3.63) is 71.5 Å². The molecule has 3 aromatic carbocycles. The Morgan fingerprint density at radius 1 is 1.03 bits per heavy atom. The number of halogens is 4. The summed E-state index contributed by atoms with van der Waals surface area (Å²) in [6.07, 6.45) is -4.65. The summed E-state index contributed by atoms with van der Waals surface area (Å²) in [7, 11) is 3.47. The summed E-state index contributed by atoms with van der Waals surface area (Å²) in [5, 5.41) is 4.16. The molecule has 0 radical (unpaired) electrons. The highest BCUT2D eigenvalue weighted by Gasteiger charge is 2.31. The first kappa shape index (κ1) is 20.8. The Hall–Kier alpha value is -2.93. The lowest BCUT2D eigenvalue weighted by atomic mass is 9.93. The van der Waals surface area contributed by atoms with Gasteiger partial charge >= 0.3 is 6.18 Å². The van der Waals surface area contributed by atoms with E-state index in [4.69, 9.17) is 0 Å². The average Bonchev–Trinajstić information content (AvgIpc) is 2.69. The number of carbonyl (C=O) groups is 1. The number of likely N-dealkylation sites (N-methyl/N-ethyl adjacent to an activating group) is 2. The summed E-state index contributed by atoms with van der Waals surface area (Å²) in [6.45, 7) is 1.13. The van der Waals surface area contributed by atoms with Crippen molar-refractivity contribution in [3.63, 3.8) is 0 Å². The normalized spacial score (nSPS) is 11.7. The molecule has 0 aliphatic carbocycles. The summed E-state index contributed by atoms with van der Waals surface area (Å²) >= 11 is 0. The van der Waals surface area contributed by atoms with Gasteiger partial charge in [-0.15, -0.1) is 0 Å². The van der Waals surface area contributed by atoms with Crippen molar-refractivity contribution in [2.75, 3.05) is 27.2 Å². The van der Waals surface area contributed by atoms with Crippen LogP contribution < -0.4 is 5.32 Å². The van der Waals surface area contributed by atoms with Crippen molar-refractivity contribution in [1.82, 2.24) is 10.2 Å². The SMILES string of the molecule is CNCCN(C)C(=O)c1ccc(-c2cc(F)cc(C(F)(F)F)c2)c2ccccc12. The van der Waals surface area contributed by atoms with Gasteiger partial charge in [-0.2, -0.15) is 13.2 Å². The molecule has 0 heterocycles. The van der Waals surface area contributed by atoms with E-state index in [0.29, 0.717) is 41.1 Å². The Labute approximate surface area is 165 Å². The zero-order valence-corrected chi connectivity index (χ0v) is 16.0. The molecule has 1 N–H and O–H groups in total. The fourth-order valence-corrected chi connectivity index (χ4v) is 3.23. The van der Waals surface area contributed by atoms with Gasteiger partial charge < -0.3 is 10.2 Å². The van der Waals surface area contributed by atoms with Crippen LogP contribution in [0.1, 0.15) is 15.9 Å². The van der Waals surface area contributed by atoms with Crippen LogP contribution >= 0.6 is 0 Å². The van der Waals surface area contributed by atoms with Crippen LogP contribution in [-0.4, -0.2) is 38.0 Å². The number of nitrogens with zero attached hydrogens (tertiary/aromatic N) is 1. The number of hydrogen-bond donors (Lipinski definition) is 1. The molecule has 3 rings (SSSR count). The molecular formula is C22H20F4N2O. The Morgan fingerprint density at radius 2 is 1.72 bits per heavy atom. The number of amides is 1. The average molecular weight is 404 g/mol. The Morgan fingerprint density at radius 3 is 2.38 bits per heavy atom. The maximum absolute atomic E-state index is 13.9. The highest BCUT2D eigenvalue weighted by atomic mass is 19.4. The van der Waals surface area contributed by atoms with Crippen molar-refractivity contribution < 1.29 is 22.4 Å². The van der Waals surface area contributed by atoms with E-state index >= 15 is 0 Å². The van der Waals surface area contributed by atoms with Crippen LogP contribution in [0, 0.1) is 5.82 Å². The van der Waals surface area contributed by atoms with E-state index in [-0.39, 0.29) is 11.5 Å². The molecule has 0 saturated heterocycles. The molecule has 0 saturated carbocycles. The van der Waals surface area contributed by atoms with Crippen LogP contribution in [0.3, 0.4) is 0 Å². The van der Waals surface area contributed by atoms with Gasteiger partial charge in [-0.3, -0.25) is 4.79 Å². The van der Waals surface area contributed by atoms with Crippen molar-refractivity contribution in [3.8, 4) is 11.1 Å². The van der Waals surface area contributed by atoms with Gasteiger partial charge in [0.15, 0.2) is 0 Å². The van der Waals surface area contributed by atoms with E-state index < -0.39 is 17.6 Å². The van der Waals surface area contributed by atoms with E-state index in [1.54, 1.807) is 55.4 Å². The van der Waals surface area contributed by atoms with Crippen LogP contribution in [0.15, 0.2) is 54.6 Å². The fourth-order valence-electron chi connectivity index (χ4n) is 3.23. The van der Waals surface area contributed by atoms with Crippen LogP contribution in [0.4, 0.5) is 17.6 Å². The number of rotatable bonds is 5. The van der Waals surface area contributed by atoms with Gasteiger partial charge in [0.25, 0.3) is 5.91 Å².